The number of hydrogen-bond acceptors (Lipinski definition) is 6. The van der Waals surface area contributed by atoms with Crippen molar-refractivity contribution in [3.8, 4) is 0 Å². The lowest BCUT2D eigenvalue weighted by Crippen LogP contribution is -2.40. The van der Waals surface area contributed by atoms with Crippen molar-refractivity contribution in [1.82, 2.24) is 14.8 Å². The molecule has 2 rings (SSSR count). The summed E-state index contributed by atoms with van der Waals surface area (Å²) in [4.78, 5) is 4.56. The average molecular weight is 339 g/mol. The molecule has 1 atom stereocenters. The predicted octanol–water partition coefficient (Wildman–Crippen LogP) is 0.643. The van der Waals surface area contributed by atoms with Crippen LogP contribution in [-0.2, 0) is 27.3 Å². The Bertz CT molecular complexity index is 760. The Labute approximate surface area is 136 Å². The summed E-state index contributed by atoms with van der Waals surface area (Å²) >= 11 is 0. The van der Waals surface area contributed by atoms with E-state index in [4.69, 9.17) is 4.18 Å². The van der Waals surface area contributed by atoms with Gasteiger partial charge in [-0.1, -0.05) is 12.1 Å². The van der Waals surface area contributed by atoms with Crippen LogP contribution in [0.4, 0.5) is 0 Å². The Hall–Kier alpha value is -1.42. The second-order valence-corrected chi connectivity index (χ2v) is 7.29. The van der Waals surface area contributed by atoms with Crippen molar-refractivity contribution in [1.29, 1.82) is 0 Å². The standard InChI is InChI=1S/C14H22BN3O4S/c1-11(17-15(2)19)10-18-13-7-5-4-6-12(13)16-14(18)8-9-22-23(3,20)21/h4-7,11,17,19H,8-10H2,1-3H3. The molecule has 1 unspecified atom stereocenters. The Morgan fingerprint density at radius 2 is 2.13 bits per heavy atom. The van der Waals surface area contributed by atoms with Crippen LogP contribution < -0.4 is 5.23 Å². The molecule has 0 aliphatic rings. The lowest BCUT2D eigenvalue weighted by atomic mass is 9.87. The van der Waals surface area contributed by atoms with Gasteiger partial charge in [-0.05, 0) is 25.9 Å². The summed E-state index contributed by atoms with van der Waals surface area (Å²) in [5, 5.41) is 12.5. The molecular formula is C14H22BN3O4S. The van der Waals surface area contributed by atoms with E-state index in [1.54, 1.807) is 6.82 Å². The van der Waals surface area contributed by atoms with E-state index in [-0.39, 0.29) is 12.6 Å². The van der Waals surface area contributed by atoms with E-state index in [1.807, 2.05) is 35.8 Å². The van der Waals surface area contributed by atoms with E-state index in [2.05, 4.69) is 10.2 Å². The maximum absolute atomic E-state index is 11.1. The van der Waals surface area contributed by atoms with Crippen LogP contribution in [0.3, 0.4) is 0 Å². The molecule has 0 saturated heterocycles. The normalized spacial score (nSPS) is 13.4. The number of benzene rings is 1. The quantitative estimate of drug-likeness (QED) is 0.542. The Morgan fingerprint density at radius 3 is 2.78 bits per heavy atom. The lowest BCUT2D eigenvalue weighted by molar-refractivity contribution is 0.320. The highest BCUT2D eigenvalue weighted by Gasteiger charge is 2.15. The van der Waals surface area contributed by atoms with E-state index in [9.17, 15) is 13.4 Å². The van der Waals surface area contributed by atoms with Crippen LogP contribution in [0.5, 0.6) is 0 Å². The summed E-state index contributed by atoms with van der Waals surface area (Å²) in [5.41, 5.74) is 1.83. The van der Waals surface area contributed by atoms with E-state index in [0.717, 1.165) is 23.1 Å². The minimum atomic E-state index is -3.46. The summed E-state index contributed by atoms with van der Waals surface area (Å²) in [6, 6.07) is 7.76. The molecule has 9 heteroatoms. The molecule has 2 aromatic rings. The van der Waals surface area contributed by atoms with Crippen LogP contribution >= 0.6 is 0 Å². The Kier molecular flexibility index (Phi) is 5.80. The Morgan fingerprint density at radius 1 is 1.43 bits per heavy atom. The second kappa shape index (κ2) is 7.44. The largest absolute Gasteiger partial charge is 0.437 e. The topological polar surface area (TPSA) is 93.5 Å². The van der Waals surface area contributed by atoms with Crippen molar-refractivity contribution in [2.24, 2.45) is 0 Å². The summed E-state index contributed by atoms with van der Waals surface area (Å²) in [6.07, 6.45) is 1.42. The molecule has 0 bridgehead atoms. The van der Waals surface area contributed by atoms with Gasteiger partial charge in [0.1, 0.15) is 5.82 Å². The zero-order valence-corrected chi connectivity index (χ0v) is 14.4. The van der Waals surface area contributed by atoms with Crippen molar-refractivity contribution in [3.05, 3.63) is 30.1 Å². The van der Waals surface area contributed by atoms with Crippen LogP contribution in [-0.4, -0.2) is 48.9 Å². The number of fused-ring (bicyclic) bond motifs is 1. The molecular weight excluding hydrogens is 317 g/mol. The molecule has 0 spiro atoms. The van der Waals surface area contributed by atoms with Gasteiger partial charge in [-0.25, -0.2) is 4.98 Å². The van der Waals surface area contributed by atoms with Gasteiger partial charge in [0.2, 0.25) is 0 Å². The number of rotatable bonds is 8. The minimum absolute atomic E-state index is 0.0298. The number of nitrogens with one attached hydrogen (secondary N) is 1. The molecule has 0 radical (unpaired) electrons. The fourth-order valence-corrected chi connectivity index (χ4v) is 2.93. The fraction of sp³-hybridized carbons (Fsp3) is 0.500. The third-order valence-corrected chi connectivity index (χ3v) is 3.93. The number of imidazole rings is 1. The van der Waals surface area contributed by atoms with E-state index >= 15 is 0 Å². The second-order valence-electron chi connectivity index (χ2n) is 5.65. The summed E-state index contributed by atoms with van der Waals surface area (Å²) < 4.78 is 29.0. The van der Waals surface area contributed by atoms with Gasteiger partial charge in [-0.3, -0.25) is 4.18 Å². The first-order valence-electron chi connectivity index (χ1n) is 7.49. The van der Waals surface area contributed by atoms with E-state index < -0.39 is 17.2 Å². The summed E-state index contributed by atoms with van der Waals surface area (Å²) in [6.45, 7) is 4.31. The molecule has 0 fully saturated rings. The summed E-state index contributed by atoms with van der Waals surface area (Å²) in [5.74, 6) is 0.758. The van der Waals surface area contributed by atoms with Crippen molar-refractivity contribution in [2.75, 3.05) is 12.9 Å². The average Bonchev–Trinajstić information content (AvgIpc) is 2.75. The van der Waals surface area contributed by atoms with Crippen molar-refractivity contribution < 1.29 is 17.6 Å². The molecule has 1 heterocycles. The highest BCUT2D eigenvalue weighted by Crippen LogP contribution is 2.17. The van der Waals surface area contributed by atoms with Crippen LogP contribution in [0.1, 0.15) is 12.7 Å². The van der Waals surface area contributed by atoms with Crippen LogP contribution in [0.15, 0.2) is 24.3 Å². The number of hydrogen-bond donors (Lipinski definition) is 2. The van der Waals surface area contributed by atoms with Crippen molar-refractivity contribution >= 4 is 28.2 Å². The molecule has 1 aromatic heterocycles. The van der Waals surface area contributed by atoms with E-state index in [1.165, 1.54) is 0 Å². The zero-order valence-electron chi connectivity index (χ0n) is 13.6. The molecule has 126 valence electrons. The van der Waals surface area contributed by atoms with E-state index in [0.29, 0.717) is 13.0 Å². The van der Waals surface area contributed by atoms with Gasteiger partial charge in [0.15, 0.2) is 0 Å². The monoisotopic (exact) mass is 339 g/mol. The first-order valence-corrected chi connectivity index (χ1v) is 9.30. The number of para-hydroxylation sites is 2. The first kappa shape index (κ1) is 17.9. The van der Waals surface area contributed by atoms with Crippen LogP contribution in [0.25, 0.3) is 11.0 Å². The van der Waals surface area contributed by atoms with Gasteiger partial charge in [-0.2, -0.15) is 8.42 Å². The molecule has 0 aliphatic carbocycles. The van der Waals surface area contributed by atoms with Crippen molar-refractivity contribution in [3.63, 3.8) is 0 Å². The Balaban J connectivity index is 2.22. The SMILES string of the molecule is CB(O)NC(C)Cn1c(CCOS(C)(=O)=O)nc2ccccc21. The third kappa shape index (κ3) is 5.31. The molecule has 23 heavy (non-hydrogen) atoms. The highest BCUT2D eigenvalue weighted by atomic mass is 32.2. The van der Waals surface area contributed by atoms with Gasteiger partial charge in [0.25, 0.3) is 10.1 Å². The van der Waals surface area contributed by atoms with Crippen LogP contribution in [0.2, 0.25) is 6.82 Å². The van der Waals surface area contributed by atoms with Gasteiger partial charge in [0.05, 0.1) is 23.9 Å². The zero-order chi connectivity index (χ0) is 17.0. The minimum Gasteiger partial charge on any atom is -0.437 e. The molecule has 0 saturated carbocycles. The summed E-state index contributed by atoms with van der Waals surface area (Å²) in [7, 11) is -4.06. The highest BCUT2D eigenvalue weighted by molar-refractivity contribution is 7.85. The first-order chi connectivity index (χ1) is 10.8. The smallest absolute Gasteiger partial charge is 0.373 e. The van der Waals surface area contributed by atoms with Gasteiger partial charge in [0, 0.05) is 19.0 Å². The third-order valence-electron chi connectivity index (χ3n) is 3.34. The lowest BCUT2D eigenvalue weighted by Gasteiger charge is -2.17. The van der Waals surface area contributed by atoms with Crippen LogP contribution in [0, 0.1) is 0 Å². The molecule has 7 nitrogen and oxygen atoms in total. The molecule has 1 aromatic carbocycles. The predicted molar refractivity (Wildman–Crippen MR) is 90.7 cm³/mol. The van der Waals surface area contributed by atoms with Crippen molar-refractivity contribution in [2.45, 2.75) is 32.8 Å². The number of aromatic nitrogens is 2. The molecule has 0 aliphatic heterocycles. The maximum Gasteiger partial charge on any atom is 0.373 e. The molecule has 0 amide bonds. The van der Waals surface area contributed by atoms with Gasteiger partial charge < -0.3 is 14.8 Å². The fourth-order valence-electron chi connectivity index (χ4n) is 2.54. The van der Waals surface area contributed by atoms with Gasteiger partial charge in [-0.15, -0.1) is 0 Å². The van der Waals surface area contributed by atoms with Gasteiger partial charge >= 0.3 is 7.05 Å². The number of nitrogens with zero attached hydrogens (tertiary/aromatic N) is 2. The molecule has 2 N–H and O–H groups in total. The maximum atomic E-state index is 11.1.